The first-order valence-electron chi connectivity index (χ1n) is 6.54. The lowest BCUT2D eigenvalue weighted by Crippen LogP contribution is -2.27. The Bertz CT molecular complexity index is 687. The van der Waals surface area contributed by atoms with Crippen LogP contribution in [-0.4, -0.2) is 17.6 Å². The Kier molecular flexibility index (Phi) is 4.78. The summed E-state index contributed by atoms with van der Waals surface area (Å²) in [5.41, 5.74) is 7.76. The number of amides is 1. The highest BCUT2D eigenvalue weighted by atomic mass is 32.1. The Labute approximate surface area is 127 Å². The van der Waals surface area contributed by atoms with Crippen LogP contribution in [0.15, 0.2) is 16.0 Å². The molecule has 0 aliphatic rings. The molecule has 2 heterocycles. The molecule has 2 aromatic heterocycles. The molecular formula is C15H17N3O2S. The molecule has 1 atom stereocenters. The molecule has 1 unspecified atom stereocenters. The molecule has 0 aliphatic heterocycles. The fourth-order valence-electron chi connectivity index (χ4n) is 2.17. The van der Waals surface area contributed by atoms with E-state index in [0.29, 0.717) is 10.4 Å². The fourth-order valence-corrected chi connectivity index (χ4v) is 2.92. The average molecular weight is 303 g/mol. The Morgan fingerprint density at radius 2 is 2.33 bits per heavy atom. The zero-order valence-electron chi connectivity index (χ0n) is 12.2. The van der Waals surface area contributed by atoms with Crippen LogP contribution in [0, 0.1) is 25.7 Å². The third kappa shape index (κ3) is 3.32. The predicted octanol–water partition coefficient (Wildman–Crippen LogP) is 2.15. The van der Waals surface area contributed by atoms with Gasteiger partial charge in [-0.2, -0.15) is 0 Å². The van der Waals surface area contributed by atoms with Crippen molar-refractivity contribution in [3.05, 3.63) is 38.9 Å². The van der Waals surface area contributed by atoms with Crippen LogP contribution in [-0.2, 0) is 0 Å². The fraction of sp³-hybridized carbons (Fsp3) is 0.333. The molecule has 0 fully saturated rings. The smallest absolute Gasteiger partial charge is 0.263 e. The van der Waals surface area contributed by atoms with Crippen LogP contribution in [0.4, 0.5) is 0 Å². The number of rotatable bonds is 3. The number of hydrogen-bond donors (Lipinski definition) is 2. The number of aromatic nitrogens is 1. The summed E-state index contributed by atoms with van der Waals surface area (Å²) >= 11 is 1.36. The van der Waals surface area contributed by atoms with E-state index >= 15 is 0 Å². The normalized spacial score (nSPS) is 11.6. The van der Waals surface area contributed by atoms with E-state index in [2.05, 4.69) is 22.3 Å². The lowest BCUT2D eigenvalue weighted by molar-refractivity contribution is 0.0943. The van der Waals surface area contributed by atoms with Crippen molar-refractivity contribution in [3.63, 3.8) is 0 Å². The zero-order chi connectivity index (χ0) is 15.4. The second-order valence-corrected chi connectivity index (χ2v) is 5.52. The van der Waals surface area contributed by atoms with Crippen molar-refractivity contribution in [2.45, 2.75) is 26.8 Å². The van der Waals surface area contributed by atoms with Gasteiger partial charge in [0.2, 0.25) is 0 Å². The third-order valence-electron chi connectivity index (χ3n) is 3.07. The van der Waals surface area contributed by atoms with Gasteiger partial charge in [-0.3, -0.25) is 4.79 Å². The predicted molar refractivity (Wildman–Crippen MR) is 82.1 cm³/mol. The zero-order valence-corrected chi connectivity index (χ0v) is 13.0. The molecule has 110 valence electrons. The van der Waals surface area contributed by atoms with Crippen molar-refractivity contribution in [1.29, 1.82) is 0 Å². The van der Waals surface area contributed by atoms with E-state index in [-0.39, 0.29) is 18.5 Å². The number of thiophene rings is 1. The largest absolute Gasteiger partial charge is 0.361 e. The third-order valence-corrected chi connectivity index (χ3v) is 3.98. The van der Waals surface area contributed by atoms with Gasteiger partial charge in [-0.1, -0.05) is 17.0 Å². The molecule has 6 heteroatoms. The second kappa shape index (κ2) is 6.57. The molecule has 2 rings (SSSR count). The molecule has 1 amide bonds. The van der Waals surface area contributed by atoms with Crippen LogP contribution in [0.5, 0.6) is 0 Å². The molecule has 2 aromatic rings. The molecule has 5 nitrogen and oxygen atoms in total. The van der Waals surface area contributed by atoms with Crippen LogP contribution in [0.3, 0.4) is 0 Å². The minimum atomic E-state index is -0.179. The van der Waals surface area contributed by atoms with Crippen LogP contribution in [0.25, 0.3) is 0 Å². The van der Waals surface area contributed by atoms with Gasteiger partial charge < -0.3 is 15.6 Å². The molecule has 0 spiro atoms. The molecule has 0 saturated heterocycles. The maximum Gasteiger partial charge on any atom is 0.263 e. The summed E-state index contributed by atoms with van der Waals surface area (Å²) in [5, 5.41) is 8.70. The Hall–Kier alpha value is -2.10. The van der Waals surface area contributed by atoms with Crippen molar-refractivity contribution in [2.75, 3.05) is 6.54 Å². The van der Waals surface area contributed by atoms with Gasteiger partial charge in [-0.25, -0.2) is 0 Å². The van der Waals surface area contributed by atoms with Crippen molar-refractivity contribution in [3.8, 4) is 11.8 Å². The summed E-state index contributed by atoms with van der Waals surface area (Å²) in [6.07, 6.45) is 0. The summed E-state index contributed by atoms with van der Waals surface area (Å²) in [4.78, 5) is 13.0. The summed E-state index contributed by atoms with van der Waals surface area (Å²) in [5.74, 6) is 6.24. The summed E-state index contributed by atoms with van der Waals surface area (Å²) in [6, 6.07) is 1.64. The maximum atomic E-state index is 12.4. The monoisotopic (exact) mass is 303 g/mol. The molecule has 0 aromatic carbocycles. The lowest BCUT2D eigenvalue weighted by Gasteiger charge is -2.13. The van der Waals surface area contributed by atoms with E-state index in [4.69, 9.17) is 10.3 Å². The standard InChI is InChI=1S/C15H17N3O2S/c1-9(13-10(2)18-20-11(13)3)17-15(19)14-12(5-4-7-16)6-8-21-14/h6,8-9H,7,16H2,1-3H3,(H,17,19). The quantitative estimate of drug-likeness (QED) is 0.851. The number of carbonyl (C=O) groups excluding carboxylic acids is 1. The van der Waals surface area contributed by atoms with Gasteiger partial charge in [0, 0.05) is 11.1 Å². The highest BCUT2D eigenvalue weighted by molar-refractivity contribution is 7.12. The van der Waals surface area contributed by atoms with E-state index < -0.39 is 0 Å². The number of nitrogens with zero attached hydrogens (tertiary/aromatic N) is 1. The number of nitrogens with one attached hydrogen (secondary N) is 1. The molecule has 0 bridgehead atoms. The van der Waals surface area contributed by atoms with Gasteiger partial charge in [0.15, 0.2) is 0 Å². The average Bonchev–Trinajstić information content (AvgIpc) is 3.03. The minimum Gasteiger partial charge on any atom is -0.361 e. The van der Waals surface area contributed by atoms with Crippen LogP contribution in [0.1, 0.15) is 45.2 Å². The van der Waals surface area contributed by atoms with E-state index in [9.17, 15) is 4.79 Å². The van der Waals surface area contributed by atoms with Gasteiger partial charge in [-0.05, 0) is 32.2 Å². The van der Waals surface area contributed by atoms with Gasteiger partial charge in [0.1, 0.15) is 10.6 Å². The van der Waals surface area contributed by atoms with Gasteiger partial charge >= 0.3 is 0 Å². The minimum absolute atomic E-state index is 0.154. The molecule has 3 N–H and O–H groups in total. The number of nitrogens with two attached hydrogens (primary N) is 1. The van der Waals surface area contributed by atoms with E-state index in [0.717, 1.165) is 17.0 Å². The van der Waals surface area contributed by atoms with Crippen LogP contribution < -0.4 is 11.1 Å². The van der Waals surface area contributed by atoms with E-state index in [1.165, 1.54) is 11.3 Å². The van der Waals surface area contributed by atoms with E-state index in [1.54, 1.807) is 0 Å². The SMILES string of the molecule is Cc1noc(C)c1C(C)NC(=O)c1sccc1C#CCN. The van der Waals surface area contributed by atoms with Gasteiger partial charge in [0.05, 0.1) is 18.3 Å². The summed E-state index contributed by atoms with van der Waals surface area (Å²) in [7, 11) is 0. The Morgan fingerprint density at radius 3 is 2.95 bits per heavy atom. The summed E-state index contributed by atoms with van der Waals surface area (Å²) < 4.78 is 5.13. The number of hydrogen-bond acceptors (Lipinski definition) is 5. The molecule has 0 aliphatic carbocycles. The summed E-state index contributed by atoms with van der Waals surface area (Å²) in [6.45, 7) is 5.87. The van der Waals surface area contributed by atoms with Crippen molar-refractivity contribution in [2.24, 2.45) is 5.73 Å². The number of aryl methyl sites for hydroxylation is 2. The van der Waals surface area contributed by atoms with Gasteiger partial charge in [0.25, 0.3) is 5.91 Å². The number of carbonyl (C=O) groups is 1. The highest BCUT2D eigenvalue weighted by Crippen LogP contribution is 2.22. The van der Waals surface area contributed by atoms with Crippen molar-refractivity contribution in [1.82, 2.24) is 10.5 Å². The molecule has 21 heavy (non-hydrogen) atoms. The second-order valence-electron chi connectivity index (χ2n) is 4.60. The van der Waals surface area contributed by atoms with Crippen molar-refractivity contribution >= 4 is 17.2 Å². The Balaban J connectivity index is 2.17. The van der Waals surface area contributed by atoms with Crippen molar-refractivity contribution < 1.29 is 9.32 Å². The maximum absolute atomic E-state index is 12.4. The molecule has 0 saturated carbocycles. The highest BCUT2D eigenvalue weighted by Gasteiger charge is 2.20. The van der Waals surface area contributed by atoms with Crippen LogP contribution >= 0.6 is 11.3 Å². The molecule has 0 radical (unpaired) electrons. The topological polar surface area (TPSA) is 81.2 Å². The first-order valence-corrected chi connectivity index (χ1v) is 7.42. The van der Waals surface area contributed by atoms with Crippen LogP contribution in [0.2, 0.25) is 0 Å². The molecular weight excluding hydrogens is 286 g/mol. The first-order chi connectivity index (χ1) is 10.0. The lowest BCUT2D eigenvalue weighted by atomic mass is 10.1. The first kappa shape index (κ1) is 15.3. The Morgan fingerprint density at radius 1 is 1.57 bits per heavy atom. The van der Waals surface area contributed by atoms with E-state index in [1.807, 2.05) is 32.2 Å². The van der Waals surface area contributed by atoms with Gasteiger partial charge in [-0.15, -0.1) is 11.3 Å².